The number of halogens is 1. The standard InChI is InChI=1S/C9H14BrN3/c1-12-7-5-11-9(12)13(6-4-10)8-2-3-8/h5,7-8H,2-4,6H2,1H3. The average Bonchev–Trinajstić information content (AvgIpc) is 2.86. The van der Waals surface area contributed by atoms with Gasteiger partial charge in [0.2, 0.25) is 5.95 Å². The van der Waals surface area contributed by atoms with Crippen molar-refractivity contribution in [3.63, 3.8) is 0 Å². The number of rotatable bonds is 4. The Morgan fingerprint density at radius 2 is 2.46 bits per heavy atom. The van der Waals surface area contributed by atoms with Crippen LogP contribution < -0.4 is 4.90 Å². The van der Waals surface area contributed by atoms with Crippen LogP contribution in [0.4, 0.5) is 5.95 Å². The molecule has 0 bridgehead atoms. The number of hydrogen-bond donors (Lipinski definition) is 0. The first-order valence-electron chi connectivity index (χ1n) is 4.63. The predicted molar refractivity (Wildman–Crippen MR) is 57.4 cm³/mol. The van der Waals surface area contributed by atoms with Gasteiger partial charge < -0.3 is 9.47 Å². The summed E-state index contributed by atoms with van der Waals surface area (Å²) in [5.41, 5.74) is 0. The van der Waals surface area contributed by atoms with Gasteiger partial charge in [0.1, 0.15) is 0 Å². The Kier molecular flexibility index (Phi) is 2.58. The molecule has 72 valence electrons. The summed E-state index contributed by atoms with van der Waals surface area (Å²) >= 11 is 3.48. The van der Waals surface area contributed by atoms with Gasteiger partial charge in [0.05, 0.1) is 0 Å². The molecule has 3 nitrogen and oxygen atoms in total. The van der Waals surface area contributed by atoms with Crippen LogP contribution in [0.15, 0.2) is 12.4 Å². The van der Waals surface area contributed by atoms with Crippen LogP contribution in [0.2, 0.25) is 0 Å². The van der Waals surface area contributed by atoms with E-state index in [1.807, 2.05) is 19.4 Å². The molecular weight excluding hydrogens is 230 g/mol. The van der Waals surface area contributed by atoms with Crippen LogP contribution in [0.3, 0.4) is 0 Å². The molecule has 1 aliphatic rings. The molecule has 0 amide bonds. The fourth-order valence-corrected chi connectivity index (χ4v) is 1.94. The molecule has 0 unspecified atom stereocenters. The lowest BCUT2D eigenvalue weighted by Crippen LogP contribution is -2.30. The molecule has 2 rings (SSSR count). The van der Waals surface area contributed by atoms with Gasteiger partial charge in [0.25, 0.3) is 0 Å². The monoisotopic (exact) mass is 243 g/mol. The number of aryl methyl sites for hydroxylation is 1. The number of hydrogen-bond acceptors (Lipinski definition) is 2. The summed E-state index contributed by atoms with van der Waals surface area (Å²) in [6.07, 6.45) is 6.50. The van der Waals surface area contributed by atoms with E-state index in [1.165, 1.54) is 12.8 Å². The van der Waals surface area contributed by atoms with Gasteiger partial charge in [-0.25, -0.2) is 4.98 Å². The van der Waals surface area contributed by atoms with E-state index in [1.54, 1.807) is 0 Å². The average molecular weight is 244 g/mol. The van der Waals surface area contributed by atoms with Crippen LogP contribution in [-0.2, 0) is 7.05 Å². The van der Waals surface area contributed by atoms with Crippen molar-refractivity contribution in [1.29, 1.82) is 0 Å². The van der Waals surface area contributed by atoms with Crippen LogP contribution in [0, 0.1) is 0 Å². The summed E-state index contributed by atoms with van der Waals surface area (Å²) in [6.45, 7) is 1.05. The van der Waals surface area contributed by atoms with E-state index in [2.05, 4.69) is 30.4 Å². The highest BCUT2D eigenvalue weighted by Gasteiger charge is 2.30. The van der Waals surface area contributed by atoms with Gasteiger partial charge in [0.15, 0.2) is 0 Å². The molecule has 1 heterocycles. The van der Waals surface area contributed by atoms with Crippen molar-refractivity contribution in [3.8, 4) is 0 Å². The van der Waals surface area contributed by atoms with Crippen molar-refractivity contribution in [1.82, 2.24) is 9.55 Å². The zero-order valence-corrected chi connectivity index (χ0v) is 9.37. The van der Waals surface area contributed by atoms with Gasteiger partial charge in [-0.15, -0.1) is 0 Å². The molecule has 1 aromatic heterocycles. The molecule has 4 heteroatoms. The first-order valence-corrected chi connectivity index (χ1v) is 5.75. The molecule has 0 saturated heterocycles. The lowest BCUT2D eigenvalue weighted by molar-refractivity contribution is 0.755. The smallest absolute Gasteiger partial charge is 0.205 e. The van der Waals surface area contributed by atoms with Crippen molar-refractivity contribution < 1.29 is 0 Å². The molecule has 1 aromatic rings. The van der Waals surface area contributed by atoms with Crippen LogP contribution >= 0.6 is 15.9 Å². The fraction of sp³-hybridized carbons (Fsp3) is 0.667. The fourth-order valence-electron chi connectivity index (χ4n) is 1.56. The Morgan fingerprint density at radius 1 is 1.69 bits per heavy atom. The molecule has 1 saturated carbocycles. The van der Waals surface area contributed by atoms with Crippen molar-refractivity contribution in [2.24, 2.45) is 7.05 Å². The van der Waals surface area contributed by atoms with E-state index >= 15 is 0 Å². The van der Waals surface area contributed by atoms with Crippen LogP contribution in [0.25, 0.3) is 0 Å². The zero-order chi connectivity index (χ0) is 9.26. The van der Waals surface area contributed by atoms with E-state index in [0.29, 0.717) is 0 Å². The highest BCUT2D eigenvalue weighted by atomic mass is 79.9. The Bertz CT molecular complexity index is 280. The Balaban J connectivity index is 2.14. The minimum Gasteiger partial charge on any atom is -0.338 e. The van der Waals surface area contributed by atoms with Gasteiger partial charge in [-0.05, 0) is 12.8 Å². The normalized spacial score (nSPS) is 16.2. The summed E-state index contributed by atoms with van der Waals surface area (Å²) in [6, 6.07) is 0.735. The number of imidazole rings is 1. The summed E-state index contributed by atoms with van der Waals surface area (Å²) < 4.78 is 2.08. The molecule has 0 aromatic carbocycles. The number of alkyl halides is 1. The third-order valence-electron chi connectivity index (χ3n) is 2.37. The predicted octanol–water partition coefficient (Wildman–Crippen LogP) is 1.78. The second-order valence-electron chi connectivity index (χ2n) is 3.45. The van der Waals surface area contributed by atoms with E-state index in [-0.39, 0.29) is 0 Å². The first-order chi connectivity index (χ1) is 6.33. The van der Waals surface area contributed by atoms with Crippen molar-refractivity contribution >= 4 is 21.9 Å². The van der Waals surface area contributed by atoms with Gasteiger partial charge in [-0.2, -0.15) is 0 Å². The van der Waals surface area contributed by atoms with Crippen LogP contribution in [0.5, 0.6) is 0 Å². The topological polar surface area (TPSA) is 21.1 Å². The third kappa shape index (κ3) is 1.88. The number of anilines is 1. The second-order valence-corrected chi connectivity index (χ2v) is 4.24. The SMILES string of the molecule is Cn1ccnc1N(CCBr)C1CC1. The molecule has 0 N–H and O–H groups in total. The third-order valence-corrected chi connectivity index (χ3v) is 2.72. The molecule has 0 atom stereocenters. The Hall–Kier alpha value is -0.510. The van der Waals surface area contributed by atoms with Crippen molar-refractivity contribution in [3.05, 3.63) is 12.4 Å². The molecular formula is C9H14BrN3. The van der Waals surface area contributed by atoms with E-state index in [4.69, 9.17) is 0 Å². The number of nitrogens with zero attached hydrogens (tertiary/aromatic N) is 3. The van der Waals surface area contributed by atoms with Gasteiger partial charge in [-0.1, -0.05) is 15.9 Å². The highest BCUT2D eigenvalue weighted by molar-refractivity contribution is 9.09. The lowest BCUT2D eigenvalue weighted by Gasteiger charge is -2.22. The lowest BCUT2D eigenvalue weighted by atomic mass is 10.5. The Labute approximate surface area is 86.9 Å². The Morgan fingerprint density at radius 3 is 2.92 bits per heavy atom. The summed E-state index contributed by atoms with van der Waals surface area (Å²) in [5, 5.41) is 1.01. The minimum atomic E-state index is 0.735. The van der Waals surface area contributed by atoms with Crippen molar-refractivity contribution in [2.45, 2.75) is 18.9 Å². The summed E-state index contributed by atoms with van der Waals surface area (Å²) in [7, 11) is 2.05. The summed E-state index contributed by atoms with van der Waals surface area (Å²) in [4.78, 5) is 6.75. The maximum Gasteiger partial charge on any atom is 0.205 e. The molecule has 0 radical (unpaired) electrons. The van der Waals surface area contributed by atoms with Gasteiger partial charge >= 0.3 is 0 Å². The quantitative estimate of drug-likeness (QED) is 0.753. The van der Waals surface area contributed by atoms with Crippen LogP contribution in [-0.4, -0.2) is 27.5 Å². The minimum absolute atomic E-state index is 0.735. The molecule has 13 heavy (non-hydrogen) atoms. The van der Waals surface area contributed by atoms with E-state index in [9.17, 15) is 0 Å². The van der Waals surface area contributed by atoms with Gasteiger partial charge in [0, 0.05) is 37.4 Å². The highest BCUT2D eigenvalue weighted by Crippen LogP contribution is 2.30. The molecule has 1 fully saturated rings. The zero-order valence-electron chi connectivity index (χ0n) is 7.78. The maximum atomic E-state index is 4.36. The summed E-state index contributed by atoms with van der Waals surface area (Å²) in [5.74, 6) is 1.10. The van der Waals surface area contributed by atoms with Crippen LogP contribution in [0.1, 0.15) is 12.8 Å². The largest absolute Gasteiger partial charge is 0.338 e. The van der Waals surface area contributed by atoms with E-state index < -0.39 is 0 Å². The number of aromatic nitrogens is 2. The molecule has 0 aliphatic heterocycles. The first kappa shape index (κ1) is 9.06. The van der Waals surface area contributed by atoms with E-state index in [0.717, 1.165) is 23.9 Å². The maximum absolute atomic E-state index is 4.36. The second kappa shape index (κ2) is 3.70. The molecule has 1 aliphatic carbocycles. The van der Waals surface area contributed by atoms with Crippen molar-refractivity contribution in [2.75, 3.05) is 16.8 Å². The molecule has 0 spiro atoms. The van der Waals surface area contributed by atoms with Gasteiger partial charge in [-0.3, -0.25) is 0 Å².